The van der Waals surface area contributed by atoms with E-state index in [0.717, 1.165) is 12.0 Å². The third-order valence-electron chi connectivity index (χ3n) is 3.91. The lowest BCUT2D eigenvalue weighted by molar-refractivity contribution is -0.141. The van der Waals surface area contributed by atoms with Gasteiger partial charge in [0.15, 0.2) is 0 Å². The summed E-state index contributed by atoms with van der Waals surface area (Å²) in [5, 5.41) is 11.9. The Hall–Kier alpha value is -2.62. The highest BCUT2D eigenvalue weighted by Crippen LogP contribution is 2.08. The van der Waals surface area contributed by atoms with E-state index in [2.05, 4.69) is 29.6 Å². The molecule has 24 heavy (non-hydrogen) atoms. The van der Waals surface area contributed by atoms with E-state index < -0.39 is 12.0 Å². The Kier molecular flexibility index (Phi) is 6.55. The highest BCUT2D eigenvalue weighted by Gasteiger charge is 2.19. The van der Waals surface area contributed by atoms with E-state index in [1.54, 1.807) is 0 Å². The summed E-state index contributed by atoms with van der Waals surface area (Å²) in [6.07, 6.45) is 2.13. The summed E-state index contributed by atoms with van der Waals surface area (Å²) in [6.45, 7) is 2.04. The van der Waals surface area contributed by atoms with E-state index in [1.165, 1.54) is 11.1 Å². The fourth-order valence-corrected chi connectivity index (χ4v) is 2.52. The van der Waals surface area contributed by atoms with Crippen LogP contribution in [0.4, 0.5) is 0 Å². The molecule has 126 valence electrons. The van der Waals surface area contributed by atoms with Crippen LogP contribution in [0.25, 0.3) is 0 Å². The van der Waals surface area contributed by atoms with Gasteiger partial charge in [-0.15, -0.1) is 0 Å². The molecule has 0 aliphatic carbocycles. The maximum Gasteiger partial charge on any atom is 0.326 e. The van der Waals surface area contributed by atoms with Crippen molar-refractivity contribution in [2.75, 3.05) is 0 Å². The molecule has 2 aromatic carbocycles. The fraction of sp³-hybridized carbons (Fsp3) is 0.300. The highest BCUT2D eigenvalue weighted by molar-refractivity contribution is 5.83. The van der Waals surface area contributed by atoms with E-state index in [-0.39, 0.29) is 5.91 Å². The van der Waals surface area contributed by atoms with Crippen LogP contribution in [0.5, 0.6) is 0 Å². The van der Waals surface area contributed by atoms with Crippen LogP contribution in [0, 0.1) is 6.92 Å². The van der Waals surface area contributed by atoms with Gasteiger partial charge in [0.05, 0.1) is 0 Å². The molecular weight excluding hydrogens is 302 g/mol. The predicted molar refractivity (Wildman–Crippen MR) is 93.8 cm³/mol. The average molecular weight is 325 g/mol. The molecule has 2 N–H and O–H groups in total. The molecule has 0 spiro atoms. The summed E-state index contributed by atoms with van der Waals surface area (Å²) in [5.41, 5.74) is 3.29. The SMILES string of the molecule is Cc1ccc(CCCC(=O)NC(Cc2ccccc2)C(=O)O)cc1. The number of carboxylic acid groups (broad SMARTS) is 1. The summed E-state index contributed by atoms with van der Waals surface area (Å²) in [4.78, 5) is 23.4. The Bertz CT molecular complexity index is 665. The van der Waals surface area contributed by atoms with E-state index >= 15 is 0 Å². The van der Waals surface area contributed by atoms with E-state index in [0.29, 0.717) is 19.3 Å². The highest BCUT2D eigenvalue weighted by atomic mass is 16.4. The van der Waals surface area contributed by atoms with Crippen LogP contribution in [0.2, 0.25) is 0 Å². The molecule has 1 atom stereocenters. The zero-order chi connectivity index (χ0) is 17.4. The zero-order valence-electron chi connectivity index (χ0n) is 13.9. The van der Waals surface area contributed by atoms with E-state index in [4.69, 9.17) is 0 Å². The van der Waals surface area contributed by atoms with Gasteiger partial charge in [-0.1, -0.05) is 60.2 Å². The zero-order valence-corrected chi connectivity index (χ0v) is 13.9. The summed E-state index contributed by atoms with van der Waals surface area (Å²) in [6, 6.07) is 16.6. The maximum absolute atomic E-state index is 12.0. The Balaban J connectivity index is 1.80. The minimum Gasteiger partial charge on any atom is -0.480 e. The van der Waals surface area contributed by atoms with Gasteiger partial charge in [0.1, 0.15) is 6.04 Å². The third kappa shape index (κ3) is 5.88. The molecule has 0 aromatic heterocycles. The second-order valence-corrected chi connectivity index (χ2v) is 5.99. The molecule has 0 aliphatic rings. The molecule has 0 saturated heterocycles. The smallest absolute Gasteiger partial charge is 0.326 e. The number of amides is 1. The first kappa shape index (κ1) is 17.7. The number of carbonyl (C=O) groups is 2. The Labute approximate surface area is 142 Å². The summed E-state index contributed by atoms with van der Waals surface area (Å²) >= 11 is 0. The molecule has 2 rings (SSSR count). The number of carboxylic acids is 1. The summed E-state index contributed by atoms with van der Waals surface area (Å²) in [7, 11) is 0. The van der Waals surface area contributed by atoms with Crippen LogP contribution in [-0.2, 0) is 22.4 Å². The lowest BCUT2D eigenvalue weighted by atomic mass is 10.0. The van der Waals surface area contributed by atoms with Gasteiger partial charge >= 0.3 is 5.97 Å². The number of carbonyl (C=O) groups excluding carboxylic acids is 1. The molecule has 0 bridgehead atoms. The molecule has 0 aliphatic heterocycles. The maximum atomic E-state index is 12.0. The molecule has 0 fully saturated rings. The number of nitrogens with one attached hydrogen (secondary N) is 1. The van der Waals surface area contributed by atoms with Gasteiger partial charge in [0, 0.05) is 12.8 Å². The monoisotopic (exact) mass is 325 g/mol. The molecule has 2 aromatic rings. The van der Waals surface area contributed by atoms with Gasteiger partial charge in [0.2, 0.25) is 5.91 Å². The number of benzene rings is 2. The van der Waals surface area contributed by atoms with Gasteiger partial charge < -0.3 is 10.4 Å². The van der Waals surface area contributed by atoms with Gasteiger partial charge in [-0.05, 0) is 30.9 Å². The predicted octanol–water partition coefficient (Wildman–Crippen LogP) is 3.13. The van der Waals surface area contributed by atoms with Crippen molar-refractivity contribution in [3.63, 3.8) is 0 Å². The third-order valence-corrected chi connectivity index (χ3v) is 3.91. The van der Waals surface area contributed by atoms with E-state index in [9.17, 15) is 14.7 Å². The minimum absolute atomic E-state index is 0.217. The lowest BCUT2D eigenvalue weighted by Crippen LogP contribution is -2.42. The molecule has 0 radical (unpaired) electrons. The van der Waals surface area contributed by atoms with Gasteiger partial charge in [-0.3, -0.25) is 4.79 Å². The van der Waals surface area contributed by atoms with Crippen molar-refractivity contribution in [1.82, 2.24) is 5.32 Å². The fourth-order valence-electron chi connectivity index (χ4n) is 2.52. The van der Waals surface area contributed by atoms with Crippen LogP contribution >= 0.6 is 0 Å². The summed E-state index contributed by atoms with van der Waals surface area (Å²) < 4.78 is 0. The molecule has 0 saturated carbocycles. The second-order valence-electron chi connectivity index (χ2n) is 5.99. The Morgan fingerprint density at radius 3 is 2.29 bits per heavy atom. The minimum atomic E-state index is -1.01. The Morgan fingerprint density at radius 2 is 1.67 bits per heavy atom. The molecule has 4 nitrogen and oxygen atoms in total. The number of hydrogen-bond acceptors (Lipinski definition) is 2. The summed E-state index contributed by atoms with van der Waals surface area (Å²) in [5.74, 6) is -1.23. The van der Waals surface area contributed by atoms with Crippen molar-refractivity contribution in [2.45, 2.75) is 38.6 Å². The van der Waals surface area contributed by atoms with Crippen molar-refractivity contribution in [3.05, 3.63) is 71.3 Å². The van der Waals surface area contributed by atoms with Crippen molar-refractivity contribution in [3.8, 4) is 0 Å². The van der Waals surface area contributed by atoms with Crippen molar-refractivity contribution >= 4 is 11.9 Å². The number of aryl methyl sites for hydroxylation is 2. The molecule has 0 heterocycles. The van der Waals surface area contributed by atoms with Crippen LogP contribution in [0.3, 0.4) is 0 Å². The first-order valence-corrected chi connectivity index (χ1v) is 8.16. The number of hydrogen-bond donors (Lipinski definition) is 2. The first-order chi connectivity index (χ1) is 11.5. The quantitative estimate of drug-likeness (QED) is 0.783. The Morgan fingerprint density at radius 1 is 1.00 bits per heavy atom. The molecule has 4 heteroatoms. The van der Waals surface area contributed by atoms with Crippen LogP contribution in [0.1, 0.15) is 29.5 Å². The standard InChI is InChI=1S/C20H23NO3/c1-15-10-12-16(13-11-15)8-5-9-19(22)21-18(20(23)24)14-17-6-3-2-4-7-17/h2-4,6-7,10-13,18H,5,8-9,14H2,1H3,(H,21,22)(H,23,24). The first-order valence-electron chi connectivity index (χ1n) is 8.16. The number of rotatable bonds is 8. The van der Waals surface area contributed by atoms with Crippen LogP contribution < -0.4 is 5.32 Å². The van der Waals surface area contributed by atoms with Gasteiger partial charge in [-0.25, -0.2) is 4.79 Å². The normalized spacial score (nSPS) is 11.7. The largest absolute Gasteiger partial charge is 0.480 e. The van der Waals surface area contributed by atoms with Crippen LogP contribution in [-0.4, -0.2) is 23.0 Å². The van der Waals surface area contributed by atoms with Crippen LogP contribution in [0.15, 0.2) is 54.6 Å². The van der Waals surface area contributed by atoms with Crippen molar-refractivity contribution in [1.29, 1.82) is 0 Å². The van der Waals surface area contributed by atoms with Gasteiger partial charge in [0.25, 0.3) is 0 Å². The average Bonchev–Trinajstić information content (AvgIpc) is 2.57. The van der Waals surface area contributed by atoms with E-state index in [1.807, 2.05) is 37.3 Å². The topological polar surface area (TPSA) is 66.4 Å². The lowest BCUT2D eigenvalue weighted by Gasteiger charge is -2.14. The molecule has 1 amide bonds. The second kappa shape index (κ2) is 8.87. The van der Waals surface area contributed by atoms with Crippen molar-refractivity contribution in [2.24, 2.45) is 0 Å². The van der Waals surface area contributed by atoms with Gasteiger partial charge in [-0.2, -0.15) is 0 Å². The van der Waals surface area contributed by atoms with Crippen molar-refractivity contribution < 1.29 is 14.7 Å². The molecular formula is C20H23NO3. The number of aliphatic carboxylic acids is 1. The molecule has 1 unspecified atom stereocenters.